The number of piperidine rings is 1. The Labute approximate surface area is 118 Å². The molecular formula is C17H28N2. The van der Waals surface area contributed by atoms with Gasteiger partial charge in [-0.05, 0) is 50.9 Å². The van der Waals surface area contributed by atoms with Crippen molar-refractivity contribution in [3.8, 4) is 0 Å². The summed E-state index contributed by atoms with van der Waals surface area (Å²) in [7, 11) is 0. The summed E-state index contributed by atoms with van der Waals surface area (Å²) >= 11 is 0. The zero-order valence-electron chi connectivity index (χ0n) is 12.6. The molecule has 2 heteroatoms. The molecule has 1 aliphatic heterocycles. The van der Waals surface area contributed by atoms with Crippen molar-refractivity contribution >= 4 is 0 Å². The third-order valence-corrected chi connectivity index (χ3v) is 4.26. The second-order valence-corrected chi connectivity index (χ2v) is 6.58. The lowest BCUT2D eigenvalue weighted by Gasteiger charge is -2.29. The van der Waals surface area contributed by atoms with E-state index in [2.05, 4.69) is 55.7 Å². The molecule has 2 N–H and O–H groups in total. The molecule has 0 saturated carbocycles. The van der Waals surface area contributed by atoms with Gasteiger partial charge in [-0.3, -0.25) is 0 Å². The van der Waals surface area contributed by atoms with Gasteiger partial charge < -0.3 is 10.6 Å². The van der Waals surface area contributed by atoms with E-state index in [4.69, 9.17) is 0 Å². The monoisotopic (exact) mass is 260 g/mol. The van der Waals surface area contributed by atoms with E-state index >= 15 is 0 Å². The Balaban J connectivity index is 1.83. The highest BCUT2D eigenvalue weighted by Gasteiger charge is 2.21. The second-order valence-electron chi connectivity index (χ2n) is 6.58. The number of hydrogen-bond acceptors (Lipinski definition) is 2. The first-order valence-corrected chi connectivity index (χ1v) is 7.56. The van der Waals surface area contributed by atoms with Crippen molar-refractivity contribution in [3.63, 3.8) is 0 Å². The molecule has 0 unspecified atom stereocenters. The predicted octanol–water partition coefficient (Wildman–Crippen LogP) is 2.86. The maximum Gasteiger partial charge on any atom is 0.00433 e. The van der Waals surface area contributed by atoms with Crippen LogP contribution in [0.25, 0.3) is 0 Å². The molecule has 1 saturated heterocycles. The third-order valence-electron chi connectivity index (χ3n) is 4.26. The number of nitrogens with one attached hydrogen (secondary N) is 2. The Bertz CT molecular complexity index is 392. The minimum atomic E-state index is 0.207. The highest BCUT2D eigenvalue weighted by atomic mass is 14.9. The highest BCUT2D eigenvalue weighted by molar-refractivity contribution is 5.28. The van der Waals surface area contributed by atoms with Crippen LogP contribution < -0.4 is 10.6 Å². The quantitative estimate of drug-likeness (QED) is 0.850. The molecule has 0 amide bonds. The molecule has 0 radical (unpaired) electrons. The van der Waals surface area contributed by atoms with Crippen molar-refractivity contribution in [2.24, 2.45) is 5.92 Å². The maximum atomic E-state index is 3.69. The van der Waals surface area contributed by atoms with E-state index in [1.165, 1.54) is 37.1 Å². The Kier molecular flexibility index (Phi) is 5.00. The maximum absolute atomic E-state index is 3.69. The summed E-state index contributed by atoms with van der Waals surface area (Å²) in [6.07, 6.45) is 2.63. The fourth-order valence-corrected chi connectivity index (χ4v) is 2.84. The van der Waals surface area contributed by atoms with Gasteiger partial charge in [-0.1, -0.05) is 43.7 Å². The van der Waals surface area contributed by atoms with Crippen molar-refractivity contribution < 1.29 is 0 Å². The van der Waals surface area contributed by atoms with Crippen LogP contribution in [0.2, 0.25) is 0 Å². The molecule has 0 atom stereocenters. The molecule has 0 aromatic heterocycles. The normalized spacial score (nSPS) is 17.6. The summed E-state index contributed by atoms with van der Waals surface area (Å²) in [5.41, 5.74) is 2.99. The molecule has 0 aliphatic carbocycles. The van der Waals surface area contributed by atoms with Crippen LogP contribution in [0.1, 0.15) is 37.8 Å². The molecule has 1 fully saturated rings. The van der Waals surface area contributed by atoms with Gasteiger partial charge in [0.05, 0.1) is 0 Å². The fourth-order valence-electron chi connectivity index (χ4n) is 2.84. The van der Waals surface area contributed by atoms with Crippen LogP contribution in [0, 0.1) is 12.8 Å². The highest BCUT2D eigenvalue weighted by Crippen LogP contribution is 2.23. The Morgan fingerprint density at radius 3 is 2.68 bits per heavy atom. The first-order chi connectivity index (χ1) is 9.08. The Hall–Kier alpha value is -0.860. The molecule has 0 bridgehead atoms. The van der Waals surface area contributed by atoms with E-state index in [-0.39, 0.29) is 5.41 Å². The van der Waals surface area contributed by atoms with E-state index in [1.807, 2.05) is 0 Å². The van der Waals surface area contributed by atoms with Crippen LogP contribution >= 0.6 is 0 Å². The fraction of sp³-hybridized carbons (Fsp3) is 0.647. The lowest BCUT2D eigenvalue weighted by Crippen LogP contribution is -2.38. The zero-order chi connectivity index (χ0) is 13.7. The van der Waals surface area contributed by atoms with Gasteiger partial charge in [0, 0.05) is 12.0 Å². The van der Waals surface area contributed by atoms with Crippen molar-refractivity contribution in [1.82, 2.24) is 10.6 Å². The molecule has 19 heavy (non-hydrogen) atoms. The topological polar surface area (TPSA) is 24.1 Å². The van der Waals surface area contributed by atoms with E-state index in [0.29, 0.717) is 0 Å². The van der Waals surface area contributed by atoms with Crippen LogP contribution in [0.3, 0.4) is 0 Å². The summed E-state index contributed by atoms with van der Waals surface area (Å²) in [5.74, 6) is 0.856. The standard InChI is InChI=1S/C17H28N2/c1-14-5-4-6-16(11-14)17(2,3)13-19-12-15-7-9-18-10-8-15/h4-6,11,15,18-19H,7-10,12-13H2,1-3H3. The van der Waals surface area contributed by atoms with Crippen LogP contribution in [-0.4, -0.2) is 26.2 Å². The minimum absolute atomic E-state index is 0.207. The molecule has 106 valence electrons. The Morgan fingerprint density at radius 1 is 1.26 bits per heavy atom. The van der Waals surface area contributed by atoms with Gasteiger partial charge in [-0.25, -0.2) is 0 Å². The molecule has 1 aromatic rings. The van der Waals surface area contributed by atoms with Crippen LogP contribution in [0.4, 0.5) is 0 Å². The van der Waals surface area contributed by atoms with Crippen LogP contribution in [-0.2, 0) is 5.41 Å². The lowest BCUT2D eigenvalue weighted by molar-refractivity contribution is 0.342. The smallest absolute Gasteiger partial charge is 0.00433 e. The summed E-state index contributed by atoms with van der Waals surface area (Å²) in [6.45, 7) is 11.4. The van der Waals surface area contributed by atoms with Crippen molar-refractivity contribution in [1.29, 1.82) is 0 Å². The van der Waals surface area contributed by atoms with Gasteiger partial charge in [0.25, 0.3) is 0 Å². The number of hydrogen-bond donors (Lipinski definition) is 2. The van der Waals surface area contributed by atoms with E-state index in [1.54, 1.807) is 0 Å². The van der Waals surface area contributed by atoms with Crippen LogP contribution in [0.5, 0.6) is 0 Å². The van der Waals surface area contributed by atoms with E-state index in [0.717, 1.165) is 19.0 Å². The zero-order valence-corrected chi connectivity index (χ0v) is 12.6. The average molecular weight is 260 g/mol. The van der Waals surface area contributed by atoms with Gasteiger partial charge in [-0.15, -0.1) is 0 Å². The van der Waals surface area contributed by atoms with E-state index < -0.39 is 0 Å². The van der Waals surface area contributed by atoms with Gasteiger partial charge in [0.15, 0.2) is 0 Å². The SMILES string of the molecule is Cc1cccc(C(C)(C)CNCC2CCNCC2)c1. The summed E-state index contributed by atoms with van der Waals surface area (Å²) < 4.78 is 0. The molecule has 1 heterocycles. The first-order valence-electron chi connectivity index (χ1n) is 7.56. The molecule has 1 aromatic carbocycles. The average Bonchev–Trinajstić information content (AvgIpc) is 2.40. The largest absolute Gasteiger partial charge is 0.317 e. The Morgan fingerprint density at radius 2 is 2.00 bits per heavy atom. The van der Waals surface area contributed by atoms with Gasteiger partial charge >= 0.3 is 0 Å². The molecule has 1 aliphatic rings. The molecule has 0 spiro atoms. The predicted molar refractivity (Wildman–Crippen MR) is 82.7 cm³/mol. The van der Waals surface area contributed by atoms with Crippen molar-refractivity contribution in [2.45, 2.75) is 39.0 Å². The van der Waals surface area contributed by atoms with Gasteiger partial charge in [0.2, 0.25) is 0 Å². The molecule has 2 nitrogen and oxygen atoms in total. The van der Waals surface area contributed by atoms with Gasteiger partial charge in [0.1, 0.15) is 0 Å². The molecule has 2 rings (SSSR count). The summed E-state index contributed by atoms with van der Waals surface area (Å²) in [6, 6.07) is 8.90. The lowest BCUT2D eigenvalue weighted by atomic mass is 9.83. The molecular weight excluding hydrogens is 232 g/mol. The van der Waals surface area contributed by atoms with Gasteiger partial charge in [-0.2, -0.15) is 0 Å². The first kappa shape index (κ1) is 14.5. The number of rotatable bonds is 5. The number of benzene rings is 1. The number of aryl methyl sites for hydroxylation is 1. The van der Waals surface area contributed by atoms with Crippen LogP contribution in [0.15, 0.2) is 24.3 Å². The van der Waals surface area contributed by atoms with E-state index in [9.17, 15) is 0 Å². The third kappa shape index (κ3) is 4.32. The van der Waals surface area contributed by atoms with Crippen molar-refractivity contribution in [3.05, 3.63) is 35.4 Å². The van der Waals surface area contributed by atoms with Crippen molar-refractivity contribution in [2.75, 3.05) is 26.2 Å². The second kappa shape index (κ2) is 6.53. The minimum Gasteiger partial charge on any atom is -0.317 e. The summed E-state index contributed by atoms with van der Waals surface area (Å²) in [4.78, 5) is 0. The summed E-state index contributed by atoms with van der Waals surface area (Å²) in [5, 5.41) is 7.11.